The highest BCUT2D eigenvalue weighted by atomic mass is 16.4. The molecule has 0 radical (unpaired) electrons. The van der Waals surface area contributed by atoms with Gasteiger partial charge in [0, 0.05) is 17.4 Å². The molecule has 0 heterocycles. The van der Waals surface area contributed by atoms with E-state index in [0.29, 0.717) is 12.0 Å². The van der Waals surface area contributed by atoms with Gasteiger partial charge in [0.1, 0.15) is 0 Å². The zero-order valence-electron chi connectivity index (χ0n) is 15.9. The molecule has 2 aromatic rings. The molecule has 0 aliphatic heterocycles. The fourth-order valence-electron chi connectivity index (χ4n) is 4.10. The first-order chi connectivity index (χ1) is 13.9. The Balaban J connectivity index is 1.59. The molecule has 0 spiro atoms. The Morgan fingerprint density at radius 3 is 2.31 bits per heavy atom. The maximum absolute atomic E-state index is 12.7. The van der Waals surface area contributed by atoms with Gasteiger partial charge in [-0.3, -0.25) is 4.79 Å². The number of Topliss-reactive ketones (excluding diaryl/α,β-unsaturated/α-hetero) is 1. The second-order valence-electron chi connectivity index (χ2n) is 7.88. The molecule has 0 atom stereocenters. The Kier molecular flexibility index (Phi) is 4.94. The molecule has 0 bridgehead atoms. The third kappa shape index (κ3) is 3.55. The van der Waals surface area contributed by atoms with Crippen LogP contribution in [0.1, 0.15) is 50.2 Å². The summed E-state index contributed by atoms with van der Waals surface area (Å²) in [6, 6.07) is 12.6. The number of aromatic carboxylic acids is 1. The molecule has 2 aromatic carbocycles. The molecule has 5 heteroatoms. The van der Waals surface area contributed by atoms with Gasteiger partial charge in [0.05, 0.1) is 18.8 Å². The van der Waals surface area contributed by atoms with Crippen LogP contribution in [-0.2, 0) is 6.42 Å². The summed E-state index contributed by atoms with van der Waals surface area (Å²) in [4.78, 5) is 23.7. The molecule has 0 aromatic heterocycles. The molecular formula is C24H22O5. The number of benzene rings is 2. The molecule has 2 aliphatic rings. The van der Waals surface area contributed by atoms with E-state index in [4.69, 9.17) is 5.11 Å². The van der Waals surface area contributed by atoms with Crippen LogP contribution in [0, 0.1) is 5.41 Å². The summed E-state index contributed by atoms with van der Waals surface area (Å²) in [6.07, 6.45) is 5.53. The lowest BCUT2D eigenvalue weighted by atomic mass is 9.71. The van der Waals surface area contributed by atoms with Gasteiger partial charge in [0.15, 0.2) is 5.78 Å². The van der Waals surface area contributed by atoms with Crippen LogP contribution in [0.2, 0.25) is 0 Å². The van der Waals surface area contributed by atoms with Crippen LogP contribution in [0.3, 0.4) is 0 Å². The van der Waals surface area contributed by atoms with E-state index in [1.165, 1.54) is 0 Å². The van der Waals surface area contributed by atoms with Crippen molar-refractivity contribution in [3.05, 3.63) is 82.4 Å². The van der Waals surface area contributed by atoms with E-state index >= 15 is 0 Å². The van der Waals surface area contributed by atoms with E-state index in [1.807, 2.05) is 18.2 Å². The largest absolute Gasteiger partial charge is 0.478 e. The van der Waals surface area contributed by atoms with Crippen molar-refractivity contribution in [2.45, 2.75) is 19.3 Å². The maximum Gasteiger partial charge on any atom is 0.335 e. The standard InChI is InChI=1S/C24H22O5/c25-13-24(14-26)11-20-8-7-19(10-21(20)22(27)12-24)18-6-5-17(9-18)15-1-3-16(4-2-15)23(28)29/h1-5,7-10,25-26H,6,11-14H2,(H,28,29). The molecule has 2 aliphatic carbocycles. The first kappa shape index (κ1) is 19.3. The molecule has 0 unspecified atom stereocenters. The maximum atomic E-state index is 12.7. The zero-order valence-corrected chi connectivity index (χ0v) is 15.9. The number of carbonyl (C=O) groups is 2. The zero-order chi connectivity index (χ0) is 20.6. The van der Waals surface area contributed by atoms with Gasteiger partial charge in [0.25, 0.3) is 0 Å². The van der Waals surface area contributed by atoms with E-state index in [0.717, 1.165) is 34.3 Å². The molecule has 0 fully saturated rings. The number of hydrogen-bond acceptors (Lipinski definition) is 4. The number of rotatable bonds is 5. The van der Waals surface area contributed by atoms with Crippen molar-refractivity contribution in [1.29, 1.82) is 0 Å². The summed E-state index contributed by atoms with van der Waals surface area (Å²) < 4.78 is 0. The summed E-state index contributed by atoms with van der Waals surface area (Å²) in [5.41, 5.74) is 5.07. The lowest BCUT2D eigenvalue weighted by molar-refractivity contribution is 0.0387. The van der Waals surface area contributed by atoms with Crippen molar-refractivity contribution in [3.8, 4) is 0 Å². The van der Waals surface area contributed by atoms with Crippen molar-refractivity contribution in [2.24, 2.45) is 5.41 Å². The number of ketones is 1. The van der Waals surface area contributed by atoms with E-state index < -0.39 is 11.4 Å². The third-order valence-electron chi connectivity index (χ3n) is 5.89. The van der Waals surface area contributed by atoms with Gasteiger partial charge in [-0.15, -0.1) is 0 Å². The molecule has 29 heavy (non-hydrogen) atoms. The van der Waals surface area contributed by atoms with Crippen LogP contribution in [-0.4, -0.2) is 40.3 Å². The Labute approximate surface area is 168 Å². The van der Waals surface area contributed by atoms with Crippen LogP contribution in [0.4, 0.5) is 0 Å². The van der Waals surface area contributed by atoms with E-state index in [9.17, 15) is 19.8 Å². The van der Waals surface area contributed by atoms with Gasteiger partial charge in [-0.05, 0) is 58.9 Å². The minimum Gasteiger partial charge on any atom is -0.478 e. The lowest BCUT2D eigenvalue weighted by Crippen LogP contribution is -2.38. The van der Waals surface area contributed by atoms with Gasteiger partial charge in [-0.1, -0.05) is 36.4 Å². The van der Waals surface area contributed by atoms with Crippen LogP contribution < -0.4 is 0 Å². The third-order valence-corrected chi connectivity index (χ3v) is 5.89. The van der Waals surface area contributed by atoms with Crippen molar-refractivity contribution in [2.75, 3.05) is 13.2 Å². The highest BCUT2D eigenvalue weighted by molar-refractivity contribution is 6.00. The number of aliphatic hydroxyl groups excluding tert-OH is 2. The lowest BCUT2D eigenvalue weighted by Gasteiger charge is -2.34. The average Bonchev–Trinajstić information content (AvgIpc) is 3.23. The van der Waals surface area contributed by atoms with Gasteiger partial charge >= 0.3 is 5.97 Å². The van der Waals surface area contributed by atoms with Crippen molar-refractivity contribution < 1.29 is 24.9 Å². The van der Waals surface area contributed by atoms with Crippen LogP contribution in [0.5, 0.6) is 0 Å². The number of carboxylic acids is 1. The molecule has 0 saturated carbocycles. The predicted octanol–water partition coefficient (Wildman–Crippen LogP) is 3.36. The number of carbonyl (C=O) groups excluding carboxylic acids is 1. The number of fused-ring (bicyclic) bond motifs is 1. The minimum absolute atomic E-state index is 0.0489. The van der Waals surface area contributed by atoms with Crippen LogP contribution in [0.25, 0.3) is 11.1 Å². The Bertz CT molecular complexity index is 1040. The second kappa shape index (κ2) is 7.43. The fourth-order valence-corrected chi connectivity index (χ4v) is 4.10. The van der Waals surface area contributed by atoms with Crippen molar-refractivity contribution >= 4 is 22.9 Å². The highest BCUT2D eigenvalue weighted by Gasteiger charge is 2.37. The van der Waals surface area contributed by atoms with Gasteiger partial charge < -0.3 is 15.3 Å². The number of carboxylic acid groups (broad SMARTS) is 1. The normalized spacial score (nSPS) is 17.5. The van der Waals surface area contributed by atoms with E-state index in [-0.39, 0.29) is 31.0 Å². The summed E-state index contributed by atoms with van der Waals surface area (Å²) in [6.45, 7) is -0.426. The molecule has 4 rings (SSSR count). The summed E-state index contributed by atoms with van der Waals surface area (Å²) >= 11 is 0. The predicted molar refractivity (Wildman–Crippen MR) is 110 cm³/mol. The van der Waals surface area contributed by atoms with Crippen molar-refractivity contribution in [1.82, 2.24) is 0 Å². The SMILES string of the molecule is O=C(O)c1ccc(C2=CCC(c3ccc4c(c3)C(=O)CC(CO)(CO)C4)=C2)cc1. The smallest absolute Gasteiger partial charge is 0.335 e. The molecule has 5 nitrogen and oxygen atoms in total. The number of hydrogen-bond donors (Lipinski definition) is 3. The molecule has 0 amide bonds. The summed E-state index contributed by atoms with van der Waals surface area (Å²) in [5.74, 6) is -0.995. The van der Waals surface area contributed by atoms with Gasteiger partial charge in [-0.2, -0.15) is 0 Å². The fraction of sp³-hybridized carbons (Fsp3) is 0.250. The van der Waals surface area contributed by atoms with Gasteiger partial charge in [-0.25, -0.2) is 4.79 Å². The topological polar surface area (TPSA) is 94.8 Å². The van der Waals surface area contributed by atoms with Gasteiger partial charge in [0.2, 0.25) is 0 Å². The molecule has 0 saturated heterocycles. The minimum atomic E-state index is -0.946. The van der Waals surface area contributed by atoms with E-state index in [1.54, 1.807) is 24.3 Å². The Hall–Kier alpha value is -3.02. The monoisotopic (exact) mass is 390 g/mol. The summed E-state index contributed by atoms with van der Waals surface area (Å²) in [5, 5.41) is 28.3. The van der Waals surface area contributed by atoms with Crippen molar-refractivity contribution in [3.63, 3.8) is 0 Å². The quantitative estimate of drug-likeness (QED) is 0.728. The Morgan fingerprint density at radius 2 is 1.66 bits per heavy atom. The van der Waals surface area contributed by atoms with Crippen LogP contribution >= 0.6 is 0 Å². The van der Waals surface area contributed by atoms with E-state index in [2.05, 4.69) is 12.2 Å². The number of aliphatic hydroxyl groups is 2. The molecule has 3 N–H and O–H groups in total. The highest BCUT2D eigenvalue weighted by Crippen LogP contribution is 2.38. The molecular weight excluding hydrogens is 368 g/mol. The average molecular weight is 390 g/mol. The molecule has 148 valence electrons. The number of allylic oxidation sites excluding steroid dienone is 4. The first-order valence-electron chi connectivity index (χ1n) is 9.57. The first-order valence-corrected chi connectivity index (χ1v) is 9.57. The van der Waals surface area contributed by atoms with Crippen LogP contribution in [0.15, 0.2) is 54.6 Å². The second-order valence-corrected chi connectivity index (χ2v) is 7.88. The Morgan fingerprint density at radius 1 is 0.966 bits per heavy atom. The summed E-state index contributed by atoms with van der Waals surface area (Å²) in [7, 11) is 0.